The number of benzene rings is 2. The first-order chi connectivity index (χ1) is 14.4. The maximum atomic E-state index is 12.9. The summed E-state index contributed by atoms with van der Waals surface area (Å²) in [6.45, 7) is 2.81. The molecule has 1 aliphatic rings. The van der Waals surface area contributed by atoms with Crippen LogP contribution in [-0.4, -0.2) is 44.9 Å². The van der Waals surface area contributed by atoms with Gasteiger partial charge < -0.3 is 14.8 Å². The van der Waals surface area contributed by atoms with Crippen LogP contribution in [0.25, 0.3) is 0 Å². The molecule has 0 spiro atoms. The van der Waals surface area contributed by atoms with Gasteiger partial charge in [0, 0.05) is 13.1 Å². The molecule has 1 aliphatic heterocycles. The minimum Gasteiger partial charge on any atom is -0.495 e. The Balaban J connectivity index is 1.83. The highest BCUT2D eigenvalue weighted by Gasteiger charge is 2.28. The molecular weight excluding hydrogens is 428 g/mol. The van der Waals surface area contributed by atoms with Crippen LogP contribution < -0.4 is 14.8 Å². The van der Waals surface area contributed by atoms with Crippen LogP contribution in [0.1, 0.15) is 26.2 Å². The third-order valence-corrected chi connectivity index (χ3v) is 7.11. The van der Waals surface area contributed by atoms with Crippen LogP contribution in [0.2, 0.25) is 5.02 Å². The molecular formula is C21H25ClN2O5S. The summed E-state index contributed by atoms with van der Waals surface area (Å²) in [6, 6.07) is 11.3. The van der Waals surface area contributed by atoms with Crippen LogP contribution in [0, 0.1) is 0 Å². The Labute approximate surface area is 182 Å². The molecule has 1 heterocycles. The molecule has 1 saturated heterocycles. The Morgan fingerprint density at radius 3 is 2.50 bits per heavy atom. The number of sulfonamides is 1. The summed E-state index contributed by atoms with van der Waals surface area (Å²) in [4.78, 5) is 13.0. The Morgan fingerprint density at radius 2 is 1.87 bits per heavy atom. The summed E-state index contributed by atoms with van der Waals surface area (Å²) in [5.74, 6) is 0.334. The Kier molecular flexibility index (Phi) is 7.23. The second kappa shape index (κ2) is 9.68. The van der Waals surface area contributed by atoms with Crippen molar-refractivity contribution in [1.82, 2.24) is 4.31 Å². The van der Waals surface area contributed by atoms with Crippen LogP contribution in [0.3, 0.4) is 0 Å². The lowest BCUT2D eigenvalue weighted by Crippen LogP contribution is -2.33. The van der Waals surface area contributed by atoms with Crippen molar-refractivity contribution in [3.05, 3.63) is 47.5 Å². The number of ether oxygens (including phenoxy) is 2. The fourth-order valence-corrected chi connectivity index (χ4v) is 4.98. The van der Waals surface area contributed by atoms with E-state index in [-0.39, 0.29) is 10.6 Å². The second-order valence-electron chi connectivity index (χ2n) is 6.91. The lowest BCUT2D eigenvalue weighted by Gasteiger charge is -2.20. The molecule has 1 fully saturated rings. The molecule has 30 heavy (non-hydrogen) atoms. The minimum atomic E-state index is -3.62. The van der Waals surface area contributed by atoms with Gasteiger partial charge in [-0.05, 0) is 49.6 Å². The van der Waals surface area contributed by atoms with Gasteiger partial charge >= 0.3 is 0 Å². The zero-order valence-corrected chi connectivity index (χ0v) is 18.5. The van der Waals surface area contributed by atoms with Crippen molar-refractivity contribution in [2.24, 2.45) is 0 Å². The van der Waals surface area contributed by atoms with Crippen LogP contribution in [0.15, 0.2) is 47.4 Å². The molecule has 0 aliphatic carbocycles. The predicted octanol–water partition coefficient (Wildman–Crippen LogP) is 3.93. The Morgan fingerprint density at radius 1 is 1.17 bits per heavy atom. The standard InChI is InChI=1S/C21H25ClN2O5S/c1-3-18(29-19-9-5-4-8-16(19)22)21(25)23-17-14-15(10-11-20(17)28-2)30(26,27)24-12-6-7-13-24/h4-5,8-11,14,18H,3,6-7,12-13H2,1-2H3,(H,23,25)/t18-/m1/s1. The van der Waals surface area contributed by atoms with Crippen LogP contribution in [0.4, 0.5) is 5.69 Å². The van der Waals surface area contributed by atoms with Crippen molar-refractivity contribution in [3.63, 3.8) is 0 Å². The van der Waals surface area contributed by atoms with E-state index in [9.17, 15) is 13.2 Å². The summed E-state index contributed by atoms with van der Waals surface area (Å²) in [5, 5.41) is 3.14. The first-order valence-electron chi connectivity index (χ1n) is 9.77. The molecule has 3 rings (SSSR count). The van der Waals surface area contributed by atoms with E-state index < -0.39 is 22.0 Å². The number of amides is 1. The lowest BCUT2D eigenvalue weighted by atomic mass is 10.2. The summed E-state index contributed by atoms with van der Waals surface area (Å²) in [5.41, 5.74) is 0.268. The van der Waals surface area contributed by atoms with E-state index in [1.165, 1.54) is 29.6 Å². The van der Waals surface area contributed by atoms with Crippen molar-refractivity contribution in [3.8, 4) is 11.5 Å². The third kappa shape index (κ3) is 4.88. The predicted molar refractivity (Wildman–Crippen MR) is 116 cm³/mol. The third-order valence-electron chi connectivity index (χ3n) is 4.90. The maximum absolute atomic E-state index is 12.9. The molecule has 1 atom stereocenters. The monoisotopic (exact) mass is 452 g/mol. The molecule has 1 amide bonds. The van der Waals surface area contributed by atoms with Gasteiger partial charge in [-0.1, -0.05) is 30.7 Å². The van der Waals surface area contributed by atoms with E-state index >= 15 is 0 Å². The number of carbonyl (C=O) groups excluding carboxylic acids is 1. The van der Waals surface area contributed by atoms with Crippen molar-refractivity contribution in [2.45, 2.75) is 37.2 Å². The van der Waals surface area contributed by atoms with E-state index in [0.717, 1.165) is 12.8 Å². The molecule has 0 saturated carbocycles. The molecule has 1 N–H and O–H groups in total. The molecule has 0 aromatic heterocycles. The van der Waals surface area contributed by atoms with E-state index in [1.54, 1.807) is 24.3 Å². The molecule has 7 nitrogen and oxygen atoms in total. The van der Waals surface area contributed by atoms with Crippen molar-refractivity contribution in [2.75, 3.05) is 25.5 Å². The molecule has 9 heteroatoms. The molecule has 0 bridgehead atoms. The number of methoxy groups -OCH3 is 1. The van der Waals surface area contributed by atoms with Crippen molar-refractivity contribution >= 4 is 33.2 Å². The second-order valence-corrected chi connectivity index (χ2v) is 9.25. The summed E-state index contributed by atoms with van der Waals surface area (Å²) >= 11 is 6.12. The van der Waals surface area contributed by atoms with Gasteiger partial charge in [0.2, 0.25) is 10.0 Å². The van der Waals surface area contributed by atoms with Gasteiger partial charge in [0.1, 0.15) is 11.5 Å². The Bertz CT molecular complexity index is 1010. The van der Waals surface area contributed by atoms with Gasteiger partial charge in [-0.25, -0.2) is 8.42 Å². The van der Waals surface area contributed by atoms with Crippen LogP contribution in [-0.2, 0) is 14.8 Å². The van der Waals surface area contributed by atoms with E-state index in [4.69, 9.17) is 21.1 Å². The van der Waals surface area contributed by atoms with Crippen LogP contribution in [0.5, 0.6) is 11.5 Å². The summed E-state index contributed by atoms with van der Waals surface area (Å²) in [6.07, 6.45) is 1.27. The number of anilines is 1. The van der Waals surface area contributed by atoms with E-state index in [1.807, 2.05) is 6.92 Å². The zero-order chi connectivity index (χ0) is 21.7. The number of halogens is 1. The number of hydrogen-bond donors (Lipinski definition) is 1. The number of nitrogens with zero attached hydrogens (tertiary/aromatic N) is 1. The summed E-state index contributed by atoms with van der Waals surface area (Å²) in [7, 11) is -2.17. The SMILES string of the molecule is CC[C@@H](Oc1ccccc1Cl)C(=O)Nc1cc(S(=O)(=O)N2CCCC2)ccc1OC. The highest BCUT2D eigenvalue weighted by Crippen LogP contribution is 2.31. The molecule has 0 unspecified atom stereocenters. The Hall–Kier alpha value is -2.29. The quantitative estimate of drug-likeness (QED) is 0.656. The average Bonchev–Trinajstić information content (AvgIpc) is 3.29. The largest absolute Gasteiger partial charge is 0.495 e. The van der Waals surface area contributed by atoms with Gasteiger partial charge in [-0.2, -0.15) is 4.31 Å². The first-order valence-corrected chi connectivity index (χ1v) is 11.6. The van der Waals surface area contributed by atoms with Crippen LogP contribution >= 0.6 is 11.6 Å². The fourth-order valence-electron chi connectivity index (χ4n) is 3.25. The number of rotatable bonds is 8. The van der Waals surface area contributed by atoms with E-state index in [0.29, 0.717) is 36.0 Å². The fraction of sp³-hybridized carbons (Fsp3) is 0.381. The van der Waals surface area contributed by atoms with Crippen molar-refractivity contribution in [1.29, 1.82) is 0 Å². The number of para-hydroxylation sites is 1. The normalized spacial score (nSPS) is 15.6. The molecule has 2 aromatic rings. The topological polar surface area (TPSA) is 84.9 Å². The highest BCUT2D eigenvalue weighted by atomic mass is 35.5. The zero-order valence-electron chi connectivity index (χ0n) is 16.9. The smallest absolute Gasteiger partial charge is 0.265 e. The average molecular weight is 453 g/mol. The van der Waals surface area contributed by atoms with Gasteiger partial charge in [0.15, 0.2) is 6.10 Å². The highest BCUT2D eigenvalue weighted by molar-refractivity contribution is 7.89. The first kappa shape index (κ1) is 22.4. The number of hydrogen-bond acceptors (Lipinski definition) is 5. The molecule has 162 valence electrons. The van der Waals surface area contributed by atoms with Crippen molar-refractivity contribution < 1.29 is 22.7 Å². The van der Waals surface area contributed by atoms with Gasteiger partial charge in [0.25, 0.3) is 5.91 Å². The van der Waals surface area contributed by atoms with Gasteiger partial charge in [0.05, 0.1) is 22.7 Å². The van der Waals surface area contributed by atoms with E-state index in [2.05, 4.69) is 5.32 Å². The maximum Gasteiger partial charge on any atom is 0.265 e. The molecule has 0 radical (unpaired) electrons. The number of carbonyl (C=O) groups is 1. The van der Waals surface area contributed by atoms with Gasteiger partial charge in [-0.15, -0.1) is 0 Å². The van der Waals surface area contributed by atoms with Gasteiger partial charge in [-0.3, -0.25) is 4.79 Å². The molecule has 2 aromatic carbocycles. The lowest BCUT2D eigenvalue weighted by molar-refractivity contribution is -0.122. The minimum absolute atomic E-state index is 0.112. The number of nitrogens with one attached hydrogen (secondary N) is 1. The summed E-state index contributed by atoms with van der Waals surface area (Å²) < 4.78 is 38.3.